The number of hydrogen-bond acceptors (Lipinski definition) is 5. The van der Waals surface area contributed by atoms with Gasteiger partial charge in [-0.2, -0.15) is 13.2 Å². The lowest BCUT2D eigenvalue weighted by Gasteiger charge is -2.44. The molecule has 4 rings (SSSR count). The SMILES string of the molecule is CC1CN(c2cc(F)c(C3CCNCC3)cc2NC(=O)c2c[nH]c(=O)cc2C(F)(F)F)CC(C)N1C. The molecule has 2 aromatic rings. The zero-order chi connectivity index (χ0) is 26.2. The number of aromatic amines is 1. The second-order valence-electron chi connectivity index (χ2n) is 9.76. The Bertz CT molecular complexity index is 1160. The average Bonchev–Trinajstić information content (AvgIpc) is 2.83. The van der Waals surface area contributed by atoms with Crippen molar-refractivity contribution in [2.45, 2.75) is 50.9 Å². The van der Waals surface area contributed by atoms with Gasteiger partial charge >= 0.3 is 6.18 Å². The summed E-state index contributed by atoms with van der Waals surface area (Å²) in [5, 5.41) is 5.84. The number of rotatable bonds is 4. The predicted molar refractivity (Wildman–Crippen MR) is 130 cm³/mol. The van der Waals surface area contributed by atoms with Crippen molar-refractivity contribution < 1.29 is 22.4 Å². The number of carbonyl (C=O) groups is 1. The molecule has 2 aliphatic rings. The number of carbonyl (C=O) groups excluding carboxylic acids is 1. The number of hydrogen-bond donors (Lipinski definition) is 3. The lowest BCUT2D eigenvalue weighted by Crippen LogP contribution is -2.55. The first-order valence-corrected chi connectivity index (χ1v) is 12.1. The smallest absolute Gasteiger partial charge is 0.367 e. The maximum absolute atomic E-state index is 15.4. The van der Waals surface area contributed by atoms with Crippen LogP contribution in [0, 0.1) is 5.82 Å². The van der Waals surface area contributed by atoms with E-state index in [9.17, 15) is 22.8 Å². The number of amides is 1. The molecular weight excluding hydrogens is 478 g/mol. The normalized spacial score (nSPS) is 22.0. The molecule has 3 heterocycles. The van der Waals surface area contributed by atoms with E-state index in [0.717, 1.165) is 19.3 Å². The molecular formula is C25H31F4N5O2. The Morgan fingerprint density at radius 2 is 1.72 bits per heavy atom. The summed E-state index contributed by atoms with van der Waals surface area (Å²) in [6.07, 6.45) is -2.71. The number of nitrogens with one attached hydrogen (secondary N) is 3. The fourth-order valence-corrected chi connectivity index (χ4v) is 5.07. The molecule has 1 amide bonds. The van der Waals surface area contributed by atoms with E-state index in [1.54, 1.807) is 6.07 Å². The molecule has 2 atom stereocenters. The molecule has 2 unspecified atom stereocenters. The van der Waals surface area contributed by atoms with Gasteiger partial charge in [0.2, 0.25) is 5.56 Å². The Hall–Kier alpha value is -2.92. The van der Waals surface area contributed by atoms with Crippen LogP contribution in [0.2, 0.25) is 0 Å². The van der Waals surface area contributed by atoms with E-state index in [1.165, 1.54) is 6.07 Å². The predicted octanol–water partition coefficient (Wildman–Crippen LogP) is 3.78. The average molecular weight is 510 g/mol. The van der Waals surface area contributed by atoms with E-state index >= 15 is 4.39 Å². The summed E-state index contributed by atoms with van der Waals surface area (Å²) in [5.41, 5.74) is -1.89. The molecule has 1 aromatic carbocycles. The van der Waals surface area contributed by atoms with Crippen LogP contribution in [0.15, 0.2) is 29.2 Å². The van der Waals surface area contributed by atoms with Crippen molar-refractivity contribution in [3.8, 4) is 0 Å². The summed E-state index contributed by atoms with van der Waals surface area (Å²) >= 11 is 0. The van der Waals surface area contributed by atoms with Crippen molar-refractivity contribution in [1.82, 2.24) is 15.2 Å². The molecule has 2 aliphatic heterocycles. The molecule has 11 heteroatoms. The van der Waals surface area contributed by atoms with Gasteiger partial charge in [-0.1, -0.05) is 0 Å². The maximum Gasteiger partial charge on any atom is 0.417 e. The van der Waals surface area contributed by atoms with Crippen LogP contribution in [0.1, 0.15) is 54.1 Å². The Kier molecular flexibility index (Phi) is 7.42. The number of nitrogens with zero attached hydrogens (tertiary/aromatic N) is 2. The summed E-state index contributed by atoms with van der Waals surface area (Å²) in [6, 6.07) is 3.59. The van der Waals surface area contributed by atoms with Crippen molar-refractivity contribution in [2.24, 2.45) is 0 Å². The number of piperidine rings is 1. The number of anilines is 2. The first kappa shape index (κ1) is 26.2. The minimum absolute atomic E-state index is 0.0693. The van der Waals surface area contributed by atoms with Crippen LogP contribution < -0.4 is 21.1 Å². The molecule has 196 valence electrons. The molecule has 3 N–H and O–H groups in total. The van der Waals surface area contributed by atoms with Gasteiger partial charge in [-0.15, -0.1) is 0 Å². The summed E-state index contributed by atoms with van der Waals surface area (Å²) in [7, 11) is 2.00. The second-order valence-corrected chi connectivity index (χ2v) is 9.76. The van der Waals surface area contributed by atoms with Gasteiger partial charge in [0, 0.05) is 37.4 Å². The van der Waals surface area contributed by atoms with Gasteiger partial charge in [0.25, 0.3) is 5.91 Å². The third-order valence-corrected chi connectivity index (χ3v) is 7.32. The van der Waals surface area contributed by atoms with Gasteiger partial charge in [-0.05, 0) is 70.4 Å². The molecule has 2 fully saturated rings. The molecule has 0 spiro atoms. The fourth-order valence-electron chi connectivity index (χ4n) is 5.07. The highest BCUT2D eigenvalue weighted by Crippen LogP contribution is 2.38. The quantitative estimate of drug-likeness (QED) is 0.547. The monoisotopic (exact) mass is 509 g/mol. The third-order valence-electron chi connectivity index (χ3n) is 7.32. The van der Waals surface area contributed by atoms with E-state index in [-0.39, 0.29) is 23.7 Å². The van der Waals surface area contributed by atoms with Gasteiger partial charge in [0.05, 0.1) is 22.5 Å². The van der Waals surface area contributed by atoms with Crippen LogP contribution >= 0.6 is 0 Å². The lowest BCUT2D eigenvalue weighted by molar-refractivity contribution is -0.138. The summed E-state index contributed by atoms with van der Waals surface area (Å²) in [6.45, 7) is 6.65. The molecule has 7 nitrogen and oxygen atoms in total. The van der Waals surface area contributed by atoms with Crippen LogP contribution in [0.4, 0.5) is 28.9 Å². The number of piperazine rings is 1. The Morgan fingerprint density at radius 3 is 2.33 bits per heavy atom. The van der Waals surface area contributed by atoms with Crippen molar-refractivity contribution >= 4 is 17.3 Å². The summed E-state index contributed by atoms with van der Waals surface area (Å²) < 4.78 is 56.1. The number of halogens is 4. The number of benzene rings is 1. The standard InChI is InChI=1S/C25H31F4N5O2/c1-14-12-34(13-15(2)33(14)3)22-10-20(26)17(16-4-6-30-7-5-16)8-21(22)32-24(36)18-11-31-23(35)9-19(18)25(27,28)29/h8-11,14-16,30H,4-7,12-13H2,1-3H3,(H,31,35)(H,32,36). The first-order chi connectivity index (χ1) is 17.0. The zero-order valence-corrected chi connectivity index (χ0v) is 20.5. The molecule has 0 bridgehead atoms. The van der Waals surface area contributed by atoms with Gasteiger partial charge < -0.3 is 20.5 Å². The van der Waals surface area contributed by atoms with Crippen LogP contribution in [0.5, 0.6) is 0 Å². The highest BCUT2D eigenvalue weighted by molar-refractivity contribution is 6.07. The van der Waals surface area contributed by atoms with Gasteiger partial charge in [0.15, 0.2) is 0 Å². The Labute approximate surface area is 206 Å². The van der Waals surface area contributed by atoms with Crippen LogP contribution in [-0.4, -0.2) is 61.1 Å². The number of pyridine rings is 1. The highest BCUT2D eigenvalue weighted by atomic mass is 19.4. The number of H-pyrrole nitrogens is 1. The Morgan fingerprint density at radius 1 is 1.08 bits per heavy atom. The molecule has 36 heavy (non-hydrogen) atoms. The van der Waals surface area contributed by atoms with Crippen molar-refractivity contribution in [3.05, 3.63) is 57.3 Å². The maximum atomic E-state index is 15.4. The summed E-state index contributed by atoms with van der Waals surface area (Å²) in [5.74, 6) is -1.49. The van der Waals surface area contributed by atoms with E-state index in [4.69, 9.17) is 0 Å². The number of alkyl halides is 3. The molecule has 0 aliphatic carbocycles. The van der Waals surface area contributed by atoms with Crippen molar-refractivity contribution in [3.63, 3.8) is 0 Å². The molecule has 2 saturated heterocycles. The van der Waals surface area contributed by atoms with Gasteiger partial charge in [-0.25, -0.2) is 4.39 Å². The number of likely N-dealkylation sites (N-methyl/N-ethyl adjacent to an activating group) is 1. The van der Waals surface area contributed by atoms with Crippen LogP contribution in [-0.2, 0) is 6.18 Å². The van der Waals surface area contributed by atoms with E-state index in [2.05, 4.69) is 20.5 Å². The molecule has 0 saturated carbocycles. The minimum Gasteiger partial charge on any atom is -0.367 e. The van der Waals surface area contributed by atoms with E-state index in [0.29, 0.717) is 43.2 Å². The van der Waals surface area contributed by atoms with Crippen molar-refractivity contribution in [1.29, 1.82) is 0 Å². The van der Waals surface area contributed by atoms with Gasteiger partial charge in [0.1, 0.15) is 5.82 Å². The third kappa shape index (κ3) is 5.41. The second kappa shape index (κ2) is 10.2. The van der Waals surface area contributed by atoms with E-state index in [1.807, 2.05) is 25.8 Å². The first-order valence-electron chi connectivity index (χ1n) is 12.1. The fraction of sp³-hybridized carbons (Fsp3) is 0.520. The highest BCUT2D eigenvalue weighted by Gasteiger charge is 2.36. The minimum atomic E-state index is -4.89. The van der Waals surface area contributed by atoms with E-state index < -0.39 is 34.6 Å². The van der Waals surface area contributed by atoms with Gasteiger partial charge in [-0.3, -0.25) is 14.5 Å². The molecule has 1 aromatic heterocycles. The van der Waals surface area contributed by atoms with Crippen LogP contribution in [0.3, 0.4) is 0 Å². The van der Waals surface area contributed by atoms with Crippen LogP contribution in [0.25, 0.3) is 0 Å². The largest absolute Gasteiger partial charge is 0.417 e. The molecule has 0 radical (unpaired) electrons. The number of aromatic nitrogens is 1. The van der Waals surface area contributed by atoms with Crippen molar-refractivity contribution in [2.75, 3.05) is 43.4 Å². The lowest BCUT2D eigenvalue weighted by atomic mass is 9.89. The topological polar surface area (TPSA) is 80.5 Å². The Balaban J connectivity index is 1.76. The zero-order valence-electron chi connectivity index (χ0n) is 20.5. The summed E-state index contributed by atoms with van der Waals surface area (Å²) in [4.78, 5) is 31.0.